The summed E-state index contributed by atoms with van der Waals surface area (Å²) < 4.78 is 37.9. The molecule has 3 nitrogen and oxygen atoms in total. The molecule has 0 atom stereocenters. The molecule has 0 bridgehead atoms. The molecule has 1 heterocycles. The summed E-state index contributed by atoms with van der Waals surface area (Å²) in [6.45, 7) is 0.713. The van der Waals surface area contributed by atoms with E-state index in [0.29, 0.717) is 11.0 Å². The highest BCUT2D eigenvalue weighted by atomic mass is 79.9. The molecule has 0 saturated carbocycles. The molecule has 1 rings (SSSR count). The zero-order valence-electron chi connectivity index (χ0n) is 10.4. The number of pyridine rings is 1. The van der Waals surface area contributed by atoms with Crippen LogP contribution in [-0.4, -0.2) is 35.1 Å². The Bertz CT molecular complexity index is 420. The van der Waals surface area contributed by atoms with Gasteiger partial charge >= 0.3 is 6.18 Å². The Morgan fingerprint density at radius 1 is 1.42 bits per heavy atom. The SMILES string of the molecule is CCCCN(CC(F)(F)F)C(=O)c1ccc(Br)nc1. The van der Waals surface area contributed by atoms with Gasteiger partial charge in [0.05, 0.1) is 5.56 Å². The van der Waals surface area contributed by atoms with E-state index < -0.39 is 18.6 Å². The minimum atomic E-state index is -4.40. The molecule has 0 unspecified atom stereocenters. The van der Waals surface area contributed by atoms with E-state index in [-0.39, 0.29) is 12.1 Å². The third-order valence-corrected chi connectivity index (χ3v) is 2.88. The maximum absolute atomic E-state index is 12.5. The summed E-state index contributed by atoms with van der Waals surface area (Å²) in [5, 5.41) is 0. The first-order valence-corrected chi connectivity index (χ1v) is 6.60. The van der Waals surface area contributed by atoms with Crippen LogP contribution in [0.25, 0.3) is 0 Å². The average molecular weight is 339 g/mol. The van der Waals surface area contributed by atoms with E-state index in [0.717, 1.165) is 11.3 Å². The molecule has 1 aromatic rings. The second-order valence-corrected chi connectivity index (χ2v) is 4.88. The molecular weight excluding hydrogens is 325 g/mol. The molecule has 1 amide bonds. The number of nitrogens with zero attached hydrogens (tertiary/aromatic N) is 2. The molecule has 106 valence electrons. The van der Waals surface area contributed by atoms with Gasteiger partial charge in [-0.05, 0) is 34.5 Å². The van der Waals surface area contributed by atoms with Crippen LogP contribution in [0.2, 0.25) is 0 Å². The van der Waals surface area contributed by atoms with Gasteiger partial charge in [-0.15, -0.1) is 0 Å². The molecule has 1 aromatic heterocycles. The average Bonchev–Trinajstić information content (AvgIpc) is 2.33. The predicted molar refractivity (Wildman–Crippen MR) is 68.8 cm³/mol. The van der Waals surface area contributed by atoms with Crippen molar-refractivity contribution in [1.29, 1.82) is 0 Å². The van der Waals surface area contributed by atoms with E-state index in [1.54, 1.807) is 0 Å². The first-order valence-electron chi connectivity index (χ1n) is 5.81. The van der Waals surface area contributed by atoms with Crippen LogP contribution in [0.3, 0.4) is 0 Å². The minimum absolute atomic E-state index is 0.0882. The van der Waals surface area contributed by atoms with Gasteiger partial charge < -0.3 is 4.90 Å². The van der Waals surface area contributed by atoms with Gasteiger partial charge in [0.15, 0.2) is 0 Å². The summed E-state index contributed by atoms with van der Waals surface area (Å²) in [7, 11) is 0. The number of amides is 1. The maximum Gasteiger partial charge on any atom is 0.406 e. The quantitative estimate of drug-likeness (QED) is 0.768. The molecule has 0 fully saturated rings. The summed E-state index contributed by atoms with van der Waals surface area (Å²) in [4.78, 5) is 16.7. The van der Waals surface area contributed by atoms with Crippen molar-refractivity contribution in [3.8, 4) is 0 Å². The van der Waals surface area contributed by atoms with Gasteiger partial charge in [-0.25, -0.2) is 4.98 Å². The van der Waals surface area contributed by atoms with Crippen molar-refractivity contribution in [2.45, 2.75) is 25.9 Å². The number of unbranched alkanes of at least 4 members (excludes halogenated alkanes) is 1. The zero-order chi connectivity index (χ0) is 14.5. The largest absolute Gasteiger partial charge is 0.406 e. The van der Waals surface area contributed by atoms with Gasteiger partial charge in [0.25, 0.3) is 5.91 Å². The predicted octanol–water partition coefficient (Wildman–Crippen LogP) is 3.65. The van der Waals surface area contributed by atoms with Crippen LogP contribution in [0.5, 0.6) is 0 Å². The van der Waals surface area contributed by atoms with Crippen LogP contribution in [0, 0.1) is 0 Å². The molecule has 0 aliphatic heterocycles. The van der Waals surface area contributed by atoms with Gasteiger partial charge in [0.1, 0.15) is 11.1 Å². The van der Waals surface area contributed by atoms with E-state index in [1.807, 2.05) is 6.92 Å². The van der Waals surface area contributed by atoms with Gasteiger partial charge in [0, 0.05) is 12.7 Å². The molecule has 19 heavy (non-hydrogen) atoms. The number of carbonyl (C=O) groups excluding carboxylic acids is 1. The van der Waals surface area contributed by atoms with E-state index in [2.05, 4.69) is 20.9 Å². The Morgan fingerprint density at radius 2 is 2.11 bits per heavy atom. The van der Waals surface area contributed by atoms with Crippen LogP contribution in [-0.2, 0) is 0 Å². The summed E-state index contributed by atoms with van der Waals surface area (Å²) in [6, 6.07) is 2.98. The van der Waals surface area contributed by atoms with Gasteiger partial charge in [0.2, 0.25) is 0 Å². The summed E-state index contributed by atoms with van der Waals surface area (Å²) in [5.41, 5.74) is 0.156. The third kappa shape index (κ3) is 5.59. The first-order chi connectivity index (χ1) is 8.83. The fourth-order valence-electron chi connectivity index (χ4n) is 1.50. The van der Waals surface area contributed by atoms with Crippen molar-refractivity contribution < 1.29 is 18.0 Å². The monoisotopic (exact) mass is 338 g/mol. The summed E-state index contributed by atoms with van der Waals surface area (Å²) >= 11 is 3.11. The van der Waals surface area contributed by atoms with E-state index in [9.17, 15) is 18.0 Å². The van der Waals surface area contributed by atoms with Crippen LogP contribution in [0.15, 0.2) is 22.9 Å². The van der Waals surface area contributed by atoms with E-state index in [1.165, 1.54) is 18.3 Å². The Labute approximate surface area is 117 Å². The molecule has 7 heteroatoms. The van der Waals surface area contributed by atoms with Crippen molar-refractivity contribution in [1.82, 2.24) is 9.88 Å². The number of halogens is 4. The molecular formula is C12H14BrF3N2O. The second-order valence-electron chi connectivity index (χ2n) is 4.07. The number of aromatic nitrogens is 1. The minimum Gasteiger partial charge on any atom is -0.329 e. The molecule has 0 aromatic carbocycles. The fourth-order valence-corrected chi connectivity index (χ4v) is 1.74. The standard InChI is InChI=1S/C12H14BrF3N2O/c1-2-3-6-18(8-12(14,15)16)11(19)9-4-5-10(13)17-7-9/h4-5,7H,2-3,6,8H2,1H3. The molecule has 0 aliphatic carbocycles. The molecule has 0 N–H and O–H groups in total. The maximum atomic E-state index is 12.5. The van der Waals surface area contributed by atoms with Crippen molar-refractivity contribution >= 4 is 21.8 Å². The van der Waals surface area contributed by atoms with E-state index in [4.69, 9.17) is 0 Å². The number of hydrogen-bond donors (Lipinski definition) is 0. The Hall–Kier alpha value is -1.11. The molecule has 0 saturated heterocycles. The van der Waals surface area contributed by atoms with Gasteiger partial charge in [-0.2, -0.15) is 13.2 Å². The second kappa shape index (κ2) is 6.88. The topological polar surface area (TPSA) is 33.2 Å². The number of alkyl halides is 3. The summed E-state index contributed by atoms with van der Waals surface area (Å²) in [5.74, 6) is -0.647. The Kier molecular flexibility index (Phi) is 5.78. The van der Waals surface area contributed by atoms with Crippen molar-refractivity contribution in [3.63, 3.8) is 0 Å². The lowest BCUT2D eigenvalue weighted by Gasteiger charge is -2.23. The van der Waals surface area contributed by atoms with Gasteiger partial charge in [-0.3, -0.25) is 4.79 Å². The van der Waals surface area contributed by atoms with Crippen LogP contribution in [0.1, 0.15) is 30.1 Å². The highest BCUT2D eigenvalue weighted by Gasteiger charge is 2.33. The third-order valence-electron chi connectivity index (χ3n) is 2.41. The zero-order valence-corrected chi connectivity index (χ0v) is 12.0. The number of hydrogen-bond acceptors (Lipinski definition) is 2. The van der Waals surface area contributed by atoms with Gasteiger partial charge in [-0.1, -0.05) is 13.3 Å². The molecule has 0 spiro atoms. The summed E-state index contributed by atoms with van der Waals surface area (Å²) in [6.07, 6.45) is -1.88. The first kappa shape index (κ1) is 15.9. The van der Waals surface area contributed by atoms with Crippen LogP contribution in [0.4, 0.5) is 13.2 Å². The lowest BCUT2D eigenvalue weighted by Crippen LogP contribution is -2.39. The van der Waals surface area contributed by atoms with Crippen molar-refractivity contribution in [2.75, 3.05) is 13.1 Å². The fraction of sp³-hybridized carbons (Fsp3) is 0.500. The smallest absolute Gasteiger partial charge is 0.329 e. The lowest BCUT2D eigenvalue weighted by atomic mass is 10.2. The van der Waals surface area contributed by atoms with Crippen molar-refractivity contribution in [3.05, 3.63) is 28.5 Å². The van der Waals surface area contributed by atoms with Crippen LogP contribution >= 0.6 is 15.9 Å². The highest BCUT2D eigenvalue weighted by Crippen LogP contribution is 2.19. The normalized spacial score (nSPS) is 11.4. The molecule has 0 radical (unpaired) electrons. The van der Waals surface area contributed by atoms with E-state index >= 15 is 0 Å². The number of rotatable bonds is 5. The number of carbonyl (C=O) groups is 1. The Balaban J connectivity index is 2.83. The highest BCUT2D eigenvalue weighted by molar-refractivity contribution is 9.10. The molecule has 0 aliphatic rings. The van der Waals surface area contributed by atoms with Crippen molar-refractivity contribution in [2.24, 2.45) is 0 Å². The lowest BCUT2D eigenvalue weighted by molar-refractivity contribution is -0.140. The Morgan fingerprint density at radius 3 is 2.58 bits per heavy atom. The van der Waals surface area contributed by atoms with Crippen LogP contribution < -0.4 is 0 Å².